The molecule has 0 bridgehead atoms. The largest absolute Gasteiger partial charge is 0.468 e. The van der Waals surface area contributed by atoms with Crippen molar-refractivity contribution in [2.45, 2.75) is 25.0 Å². The molecule has 1 aromatic carbocycles. The van der Waals surface area contributed by atoms with Gasteiger partial charge in [0, 0.05) is 13.6 Å². The van der Waals surface area contributed by atoms with Crippen LogP contribution in [0.1, 0.15) is 18.9 Å². The summed E-state index contributed by atoms with van der Waals surface area (Å²) in [6.45, 7) is 1.29. The zero-order chi connectivity index (χ0) is 19.0. The molecule has 0 saturated carbocycles. The molecule has 1 N–H and O–H groups in total. The van der Waals surface area contributed by atoms with Crippen LogP contribution in [0.2, 0.25) is 5.02 Å². The Balaban J connectivity index is 2.45. The van der Waals surface area contributed by atoms with E-state index in [4.69, 9.17) is 16.9 Å². The Kier molecular flexibility index (Phi) is 5.30. The second kappa shape index (κ2) is 6.80. The van der Waals surface area contributed by atoms with E-state index in [0.717, 1.165) is 15.7 Å². The number of ether oxygens (including phenoxy) is 1. The Labute approximate surface area is 151 Å². The molecule has 2 atom stereocenters. The number of nitrogens with zero attached hydrogens (tertiary/aromatic N) is 3. The predicted octanol–water partition coefficient (Wildman–Crippen LogP) is 0.891. The fourth-order valence-electron chi connectivity index (χ4n) is 2.79. The van der Waals surface area contributed by atoms with E-state index in [1.807, 2.05) is 6.07 Å². The predicted molar refractivity (Wildman–Crippen MR) is 91.2 cm³/mol. The molecule has 0 amide bonds. The van der Waals surface area contributed by atoms with Crippen LogP contribution in [0, 0.1) is 11.3 Å². The van der Waals surface area contributed by atoms with Crippen LogP contribution in [-0.4, -0.2) is 56.1 Å². The molecule has 1 saturated heterocycles. The van der Waals surface area contributed by atoms with Crippen molar-refractivity contribution in [3.05, 3.63) is 28.8 Å². The van der Waals surface area contributed by atoms with Crippen LogP contribution >= 0.6 is 11.6 Å². The zero-order valence-electron chi connectivity index (χ0n) is 13.9. The second-order valence-electron chi connectivity index (χ2n) is 5.77. The molecule has 0 aliphatic carbocycles. The maximum absolute atomic E-state index is 13.0. The lowest BCUT2D eigenvalue weighted by Gasteiger charge is -2.36. The van der Waals surface area contributed by atoms with Crippen molar-refractivity contribution >= 4 is 33.5 Å². The van der Waals surface area contributed by atoms with Crippen LogP contribution in [0.3, 0.4) is 0 Å². The number of carbonyl (C=O) groups is 1. The van der Waals surface area contributed by atoms with Crippen molar-refractivity contribution in [2.75, 3.05) is 25.0 Å². The number of halogens is 1. The van der Waals surface area contributed by atoms with Crippen LogP contribution in [0.25, 0.3) is 0 Å². The number of hydrogen-bond donors (Lipinski definition) is 1. The van der Waals surface area contributed by atoms with Gasteiger partial charge >= 0.3 is 16.2 Å². The van der Waals surface area contributed by atoms with Crippen molar-refractivity contribution in [3.8, 4) is 6.07 Å². The first-order valence-corrected chi connectivity index (χ1v) is 9.11. The molecule has 0 spiro atoms. The van der Waals surface area contributed by atoms with E-state index in [-0.39, 0.29) is 29.2 Å². The molecule has 2 rings (SSSR count). The van der Waals surface area contributed by atoms with E-state index in [1.165, 1.54) is 32.2 Å². The minimum atomic E-state index is -4.16. The molecule has 1 fully saturated rings. The van der Waals surface area contributed by atoms with Crippen molar-refractivity contribution in [1.82, 2.24) is 4.31 Å². The first-order chi connectivity index (χ1) is 11.6. The minimum Gasteiger partial charge on any atom is -0.468 e. The highest BCUT2D eigenvalue weighted by Gasteiger charge is 2.57. The summed E-state index contributed by atoms with van der Waals surface area (Å²) in [5.41, 5.74) is -1.29. The third kappa shape index (κ3) is 3.06. The molecule has 136 valence electrons. The molecule has 1 aliphatic rings. The van der Waals surface area contributed by atoms with Gasteiger partial charge in [-0.15, -0.1) is 0 Å². The summed E-state index contributed by atoms with van der Waals surface area (Å²) in [4.78, 5) is 12.1. The molecule has 1 heterocycles. The summed E-state index contributed by atoms with van der Waals surface area (Å²) < 4.78 is 32.6. The van der Waals surface area contributed by atoms with E-state index in [1.54, 1.807) is 0 Å². The lowest BCUT2D eigenvalue weighted by Crippen LogP contribution is -2.59. The lowest BCUT2D eigenvalue weighted by molar-refractivity contribution is -0.154. The molecule has 8 nitrogen and oxygen atoms in total. The molecule has 0 aromatic heterocycles. The summed E-state index contributed by atoms with van der Waals surface area (Å²) in [5, 5.41) is 19.2. The summed E-state index contributed by atoms with van der Waals surface area (Å²) >= 11 is 5.96. The average molecular weight is 388 g/mol. The van der Waals surface area contributed by atoms with Gasteiger partial charge in [0.2, 0.25) is 0 Å². The number of esters is 1. The van der Waals surface area contributed by atoms with Crippen molar-refractivity contribution < 1.29 is 23.1 Å². The highest BCUT2D eigenvalue weighted by atomic mass is 35.5. The molecule has 1 aromatic rings. The van der Waals surface area contributed by atoms with Gasteiger partial charge < -0.3 is 9.84 Å². The van der Waals surface area contributed by atoms with Crippen LogP contribution in [-0.2, 0) is 19.7 Å². The standard InChI is InChI=1S/C15H18ClN3O5S/c1-15(14(21)24-3)13(20)6-7-19(15)25(22,23)18(2)11-5-4-10(9-17)12(16)8-11/h4-5,8,13,20H,6-7H2,1-3H3/t13-,15+/m1/s1. The summed E-state index contributed by atoms with van der Waals surface area (Å²) in [7, 11) is -1.73. The van der Waals surface area contributed by atoms with E-state index in [0.29, 0.717) is 0 Å². The van der Waals surface area contributed by atoms with E-state index < -0.39 is 27.8 Å². The van der Waals surface area contributed by atoms with Crippen LogP contribution in [0.15, 0.2) is 18.2 Å². The molecular formula is C15H18ClN3O5S. The van der Waals surface area contributed by atoms with Crippen LogP contribution in [0.4, 0.5) is 5.69 Å². The highest BCUT2D eigenvalue weighted by Crippen LogP contribution is 2.36. The molecular weight excluding hydrogens is 370 g/mol. The van der Waals surface area contributed by atoms with Gasteiger partial charge in [-0.25, -0.2) is 4.79 Å². The summed E-state index contributed by atoms with van der Waals surface area (Å²) in [6, 6.07) is 6.08. The minimum absolute atomic E-state index is 0.0382. The number of nitriles is 1. The Morgan fingerprint density at radius 2 is 2.20 bits per heavy atom. The molecule has 1 aliphatic heterocycles. The van der Waals surface area contributed by atoms with Crippen molar-refractivity contribution in [1.29, 1.82) is 5.26 Å². The van der Waals surface area contributed by atoms with Gasteiger partial charge in [-0.1, -0.05) is 11.6 Å². The molecule has 0 unspecified atom stereocenters. The molecule has 0 radical (unpaired) electrons. The first-order valence-electron chi connectivity index (χ1n) is 7.33. The monoisotopic (exact) mass is 387 g/mol. The number of aliphatic hydroxyl groups is 1. The number of anilines is 1. The number of methoxy groups -OCH3 is 1. The van der Waals surface area contributed by atoms with Crippen molar-refractivity contribution in [3.63, 3.8) is 0 Å². The normalized spacial score (nSPS) is 23.9. The van der Waals surface area contributed by atoms with Crippen molar-refractivity contribution in [2.24, 2.45) is 0 Å². The Morgan fingerprint density at radius 3 is 2.72 bits per heavy atom. The van der Waals surface area contributed by atoms with Gasteiger partial charge in [-0.2, -0.15) is 18.0 Å². The molecule has 10 heteroatoms. The number of aliphatic hydroxyl groups excluding tert-OH is 1. The zero-order valence-corrected chi connectivity index (χ0v) is 15.5. The molecule has 25 heavy (non-hydrogen) atoms. The topological polar surface area (TPSA) is 111 Å². The van der Waals surface area contributed by atoms with E-state index in [2.05, 4.69) is 4.74 Å². The quantitative estimate of drug-likeness (QED) is 0.768. The van der Waals surface area contributed by atoms with Gasteiger partial charge in [0.25, 0.3) is 0 Å². The van der Waals surface area contributed by atoms with Gasteiger partial charge in [-0.05, 0) is 31.5 Å². The second-order valence-corrected chi connectivity index (χ2v) is 8.06. The fraction of sp³-hybridized carbons (Fsp3) is 0.467. The van der Waals surface area contributed by atoms with Crippen LogP contribution < -0.4 is 4.31 Å². The van der Waals surface area contributed by atoms with Gasteiger partial charge in [0.1, 0.15) is 6.07 Å². The van der Waals surface area contributed by atoms with E-state index >= 15 is 0 Å². The number of rotatable bonds is 4. The van der Waals surface area contributed by atoms with Gasteiger partial charge in [-0.3, -0.25) is 4.31 Å². The third-order valence-electron chi connectivity index (χ3n) is 4.43. The van der Waals surface area contributed by atoms with Gasteiger partial charge in [0.15, 0.2) is 5.54 Å². The Hall–Kier alpha value is -1.86. The average Bonchev–Trinajstić information content (AvgIpc) is 2.90. The third-order valence-corrected chi connectivity index (χ3v) is 6.77. The summed E-state index contributed by atoms with van der Waals surface area (Å²) in [6.07, 6.45) is -1.08. The fourth-order valence-corrected chi connectivity index (χ4v) is 4.69. The number of benzene rings is 1. The van der Waals surface area contributed by atoms with Crippen LogP contribution in [0.5, 0.6) is 0 Å². The van der Waals surface area contributed by atoms with E-state index in [9.17, 15) is 18.3 Å². The Bertz CT molecular complexity index is 838. The first kappa shape index (κ1) is 19.5. The smallest absolute Gasteiger partial charge is 0.329 e. The highest BCUT2D eigenvalue weighted by molar-refractivity contribution is 7.90. The SMILES string of the molecule is COC(=O)[C@]1(C)[C@H](O)CCN1S(=O)(=O)N(C)c1ccc(C#N)c(Cl)c1. The Morgan fingerprint density at radius 1 is 1.56 bits per heavy atom. The number of carbonyl (C=O) groups excluding carboxylic acids is 1. The van der Waals surface area contributed by atoms with Gasteiger partial charge in [0.05, 0.1) is 29.5 Å². The summed E-state index contributed by atoms with van der Waals surface area (Å²) in [5.74, 6) is -0.840. The lowest BCUT2D eigenvalue weighted by atomic mass is 9.97. The maximum Gasteiger partial charge on any atom is 0.329 e. The number of hydrogen-bond acceptors (Lipinski definition) is 6. The maximum atomic E-state index is 13.0.